The van der Waals surface area contributed by atoms with Crippen molar-refractivity contribution in [2.24, 2.45) is 5.92 Å². The first-order chi connectivity index (χ1) is 16.8. The van der Waals surface area contributed by atoms with Crippen molar-refractivity contribution in [3.63, 3.8) is 0 Å². The second kappa shape index (κ2) is 13.3. The van der Waals surface area contributed by atoms with Crippen molar-refractivity contribution in [3.8, 4) is 5.75 Å². The van der Waals surface area contributed by atoms with Gasteiger partial charge in [-0.1, -0.05) is 24.3 Å². The van der Waals surface area contributed by atoms with Crippen LogP contribution in [0.25, 0.3) is 0 Å². The number of hydrogen-bond donors (Lipinski definition) is 3. The molecule has 1 fully saturated rings. The summed E-state index contributed by atoms with van der Waals surface area (Å²) >= 11 is 2.46. The highest BCUT2D eigenvalue weighted by molar-refractivity contribution is 8.01. The van der Waals surface area contributed by atoms with Gasteiger partial charge in [-0.2, -0.15) is 0 Å². The Morgan fingerprint density at radius 2 is 2.00 bits per heavy atom. The highest BCUT2D eigenvalue weighted by Gasteiger charge is 2.28. The molecule has 3 rings (SSSR count). The monoisotopic (exact) mass is 520 g/mol. The molecule has 2 aromatic rings. The van der Waals surface area contributed by atoms with Crippen LogP contribution in [0.15, 0.2) is 34.7 Å². The molecule has 1 heterocycles. The summed E-state index contributed by atoms with van der Waals surface area (Å²) in [6.07, 6.45) is 6.35. The number of hydrogen-bond acceptors (Lipinski definition) is 7. The summed E-state index contributed by atoms with van der Waals surface area (Å²) in [5.74, 6) is 0.251. The molecule has 0 saturated heterocycles. The highest BCUT2D eigenvalue weighted by Crippen LogP contribution is 2.30. The van der Waals surface area contributed by atoms with E-state index in [1.807, 2.05) is 17.0 Å². The van der Waals surface area contributed by atoms with Crippen molar-refractivity contribution < 1.29 is 24.2 Å². The molecule has 35 heavy (non-hydrogen) atoms. The zero-order valence-electron chi connectivity index (χ0n) is 20.0. The second-order valence-electron chi connectivity index (χ2n) is 8.62. The van der Waals surface area contributed by atoms with Crippen molar-refractivity contribution in [2.75, 3.05) is 29.5 Å². The molecule has 3 amide bonds. The average Bonchev–Trinajstić information content (AvgIpc) is 3.25. The Bertz CT molecular complexity index is 1010. The topological polar surface area (TPSA) is 121 Å². The minimum absolute atomic E-state index is 0.0459. The van der Waals surface area contributed by atoms with Crippen molar-refractivity contribution >= 4 is 51.8 Å². The molecule has 1 aromatic carbocycles. The summed E-state index contributed by atoms with van der Waals surface area (Å²) in [4.78, 5) is 41.3. The number of carboxylic acid groups (broad SMARTS) is 1. The maximum absolute atomic E-state index is 13.2. The van der Waals surface area contributed by atoms with Gasteiger partial charge in [0.25, 0.3) is 0 Å². The van der Waals surface area contributed by atoms with Gasteiger partial charge in [0.1, 0.15) is 5.75 Å². The zero-order valence-corrected chi connectivity index (χ0v) is 21.6. The van der Waals surface area contributed by atoms with E-state index in [1.54, 1.807) is 18.3 Å². The number of nitrogens with one attached hydrogen (secondary N) is 2. The van der Waals surface area contributed by atoms with Gasteiger partial charge in [0, 0.05) is 31.3 Å². The summed E-state index contributed by atoms with van der Waals surface area (Å²) < 4.78 is 6.61. The number of carbonyl (C=O) groups is 3. The van der Waals surface area contributed by atoms with E-state index in [9.17, 15) is 14.4 Å². The second-order valence-corrected chi connectivity index (χ2v) is 10.9. The number of benzene rings is 1. The quantitative estimate of drug-likeness (QED) is 0.276. The fourth-order valence-corrected chi connectivity index (χ4v) is 5.56. The Balaban J connectivity index is 1.56. The van der Waals surface area contributed by atoms with Gasteiger partial charge in [-0.15, -0.1) is 11.8 Å². The lowest BCUT2D eigenvalue weighted by Crippen LogP contribution is -2.45. The number of carboxylic acids is 1. The van der Waals surface area contributed by atoms with Crippen LogP contribution in [0.1, 0.15) is 46.0 Å². The van der Waals surface area contributed by atoms with Gasteiger partial charge < -0.3 is 20.1 Å². The normalized spacial score (nSPS) is 17.4. The van der Waals surface area contributed by atoms with Crippen LogP contribution < -0.4 is 15.4 Å². The number of nitrogens with zero attached hydrogens (tertiary/aromatic N) is 2. The molecule has 3 N–H and O–H groups in total. The third-order valence-electron chi connectivity index (χ3n) is 5.69. The Morgan fingerprint density at radius 1 is 1.23 bits per heavy atom. The van der Waals surface area contributed by atoms with E-state index >= 15 is 0 Å². The SMILES string of the molecule is CC(=O)Nc1cccc(OCCCN(C(=O)Nc2ncc(SCC(=O)O)s2)C2CCC(C)CC2)c1. The van der Waals surface area contributed by atoms with Gasteiger partial charge in [0.15, 0.2) is 5.13 Å². The predicted molar refractivity (Wildman–Crippen MR) is 138 cm³/mol. The molecule has 0 radical (unpaired) electrons. The van der Waals surface area contributed by atoms with Gasteiger partial charge in [-0.05, 0) is 50.2 Å². The van der Waals surface area contributed by atoms with Gasteiger partial charge in [-0.25, -0.2) is 9.78 Å². The predicted octanol–water partition coefficient (Wildman–Crippen LogP) is 5.16. The molecule has 0 unspecified atom stereocenters. The molecule has 0 spiro atoms. The standard InChI is InChI=1S/C24H32N4O5S2/c1-16-7-9-19(10-8-16)28(24(32)27-23-25-14-22(35-23)34-15-21(30)31)11-4-12-33-20-6-3-5-18(13-20)26-17(2)29/h3,5-6,13-14,16,19H,4,7-12,15H2,1-2H3,(H,26,29)(H,30,31)(H,25,27,32). The third-order valence-corrected chi connectivity index (χ3v) is 7.78. The number of anilines is 2. The van der Waals surface area contributed by atoms with Gasteiger partial charge in [-0.3, -0.25) is 14.9 Å². The van der Waals surface area contributed by atoms with E-state index in [0.29, 0.717) is 42.1 Å². The van der Waals surface area contributed by atoms with E-state index in [2.05, 4.69) is 22.5 Å². The van der Waals surface area contributed by atoms with Crippen LogP contribution in [0.2, 0.25) is 0 Å². The minimum Gasteiger partial charge on any atom is -0.493 e. The summed E-state index contributed by atoms with van der Waals surface area (Å²) in [6, 6.07) is 7.20. The Hall–Kier alpha value is -2.79. The molecule has 190 valence electrons. The van der Waals surface area contributed by atoms with E-state index in [1.165, 1.54) is 30.0 Å². The van der Waals surface area contributed by atoms with Crippen molar-refractivity contribution in [3.05, 3.63) is 30.5 Å². The van der Waals surface area contributed by atoms with Crippen LogP contribution in [0, 0.1) is 5.92 Å². The van der Waals surface area contributed by atoms with Crippen LogP contribution >= 0.6 is 23.1 Å². The molecule has 1 saturated carbocycles. The first-order valence-electron chi connectivity index (χ1n) is 11.7. The van der Waals surface area contributed by atoms with Crippen LogP contribution in [-0.2, 0) is 9.59 Å². The van der Waals surface area contributed by atoms with Crippen LogP contribution in [0.5, 0.6) is 5.75 Å². The smallest absolute Gasteiger partial charge is 0.323 e. The molecule has 11 heteroatoms. The van der Waals surface area contributed by atoms with E-state index in [-0.39, 0.29) is 23.7 Å². The average molecular weight is 521 g/mol. The van der Waals surface area contributed by atoms with E-state index in [0.717, 1.165) is 29.9 Å². The van der Waals surface area contributed by atoms with Crippen LogP contribution in [0.3, 0.4) is 0 Å². The largest absolute Gasteiger partial charge is 0.493 e. The van der Waals surface area contributed by atoms with Crippen molar-refractivity contribution in [1.29, 1.82) is 0 Å². The summed E-state index contributed by atoms with van der Waals surface area (Å²) in [5.41, 5.74) is 0.677. The van der Waals surface area contributed by atoms with Gasteiger partial charge in [0.05, 0.1) is 22.8 Å². The number of thiazole rings is 1. The van der Waals surface area contributed by atoms with Gasteiger partial charge >= 0.3 is 12.0 Å². The van der Waals surface area contributed by atoms with E-state index < -0.39 is 5.97 Å². The third kappa shape index (κ3) is 9.06. The molecular weight excluding hydrogens is 488 g/mol. The van der Waals surface area contributed by atoms with Crippen LogP contribution in [-0.4, -0.2) is 57.8 Å². The summed E-state index contributed by atoms with van der Waals surface area (Å²) in [5, 5.41) is 14.9. The Kier molecular flexibility index (Phi) is 10.2. The lowest BCUT2D eigenvalue weighted by Gasteiger charge is -2.36. The lowest BCUT2D eigenvalue weighted by atomic mass is 9.86. The maximum atomic E-state index is 13.2. The summed E-state index contributed by atoms with van der Waals surface area (Å²) in [7, 11) is 0. The fraction of sp³-hybridized carbons (Fsp3) is 0.500. The number of urea groups is 1. The number of thioether (sulfide) groups is 1. The van der Waals surface area contributed by atoms with Gasteiger partial charge in [0.2, 0.25) is 5.91 Å². The first-order valence-corrected chi connectivity index (χ1v) is 13.5. The molecule has 1 aliphatic rings. The number of carbonyl (C=O) groups excluding carboxylic acids is 2. The molecule has 1 aliphatic carbocycles. The number of ether oxygens (including phenoxy) is 1. The molecule has 0 atom stereocenters. The zero-order chi connectivity index (χ0) is 25.2. The molecule has 9 nitrogen and oxygen atoms in total. The number of rotatable bonds is 11. The maximum Gasteiger partial charge on any atom is 0.323 e. The fourth-order valence-electron chi connectivity index (χ4n) is 3.98. The lowest BCUT2D eigenvalue weighted by molar-refractivity contribution is -0.133. The molecule has 0 aliphatic heterocycles. The summed E-state index contributed by atoms with van der Waals surface area (Å²) in [6.45, 7) is 4.68. The first kappa shape index (κ1) is 26.8. The van der Waals surface area contributed by atoms with Crippen molar-refractivity contribution in [1.82, 2.24) is 9.88 Å². The minimum atomic E-state index is -0.893. The Labute approximate surface area is 213 Å². The number of amides is 3. The Morgan fingerprint density at radius 3 is 2.71 bits per heavy atom. The molecule has 1 aromatic heterocycles. The number of aromatic nitrogens is 1. The highest BCUT2D eigenvalue weighted by atomic mass is 32.2. The number of aliphatic carboxylic acids is 1. The van der Waals surface area contributed by atoms with Crippen molar-refractivity contribution in [2.45, 2.75) is 56.2 Å². The van der Waals surface area contributed by atoms with Crippen LogP contribution in [0.4, 0.5) is 15.6 Å². The molecular formula is C24H32N4O5S2. The molecule has 0 bridgehead atoms. The van der Waals surface area contributed by atoms with E-state index in [4.69, 9.17) is 9.84 Å².